The van der Waals surface area contributed by atoms with Gasteiger partial charge in [-0.05, 0) is 6.92 Å². The summed E-state index contributed by atoms with van der Waals surface area (Å²) in [7, 11) is 0. The van der Waals surface area contributed by atoms with E-state index in [1.165, 1.54) is 0 Å². The molecule has 2 nitrogen and oxygen atoms in total. The van der Waals surface area contributed by atoms with Gasteiger partial charge in [0, 0.05) is 0 Å². The fourth-order valence-corrected chi connectivity index (χ4v) is 0.486. The van der Waals surface area contributed by atoms with Gasteiger partial charge in [0.1, 0.15) is 5.82 Å². The third-order valence-electron chi connectivity index (χ3n) is 0.757. The Hall–Kier alpha value is -0.630. The lowest BCUT2D eigenvalue weighted by molar-refractivity contribution is -0.289. The number of nitrogens with zero attached hydrogens (tertiary/aromatic N) is 2. The number of hydrogen-bond acceptors (Lipinski definition) is 2. The van der Waals surface area contributed by atoms with Crippen molar-refractivity contribution in [2.24, 2.45) is 0 Å². The Labute approximate surface area is 52.5 Å². The zero-order valence-electron chi connectivity index (χ0n) is 4.46. The molecule has 0 aliphatic heterocycles. The highest BCUT2D eigenvalue weighted by molar-refractivity contribution is 4.95. The summed E-state index contributed by atoms with van der Waals surface area (Å²) in [6.45, 7) is 1.83. The first-order valence-corrected chi connectivity index (χ1v) is 2.65. The van der Waals surface area contributed by atoms with Crippen LogP contribution in [0.3, 0.4) is 0 Å². The quantitative estimate of drug-likeness (QED) is 0.509. The van der Waals surface area contributed by atoms with Crippen molar-refractivity contribution in [2.45, 2.75) is 6.92 Å². The highest BCUT2D eigenvalue weighted by Gasteiger charge is 1.92. The largest absolute Gasteiger partial charge is 0.261 e. The van der Waals surface area contributed by atoms with Crippen molar-refractivity contribution in [3.8, 4) is 0 Å². The van der Waals surface area contributed by atoms with Crippen LogP contribution in [0.1, 0.15) is 5.82 Å². The van der Waals surface area contributed by atoms with Crippen molar-refractivity contribution in [3.63, 3.8) is 0 Å². The Morgan fingerprint density at radius 1 is 1.38 bits per heavy atom. The predicted molar refractivity (Wildman–Crippen MR) is 27.3 cm³/mol. The maximum Gasteiger partial charge on any atom is 0.261 e. The average Bonchev–Trinajstić information content (AvgIpc) is 1.77. The summed E-state index contributed by atoms with van der Waals surface area (Å²) in [6.07, 6.45) is 3.25. The van der Waals surface area contributed by atoms with Crippen molar-refractivity contribution in [1.82, 2.24) is 9.97 Å². The lowest BCUT2D eigenvalue weighted by Crippen LogP contribution is -1.83. The molecule has 1 aromatic heterocycles. The van der Waals surface area contributed by atoms with Gasteiger partial charge in [0.15, 0.2) is 11.6 Å². The predicted octanol–water partition coefficient (Wildman–Crippen LogP) is 0.481. The van der Waals surface area contributed by atoms with E-state index in [0.717, 1.165) is 5.82 Å². The van der Waals surface area contributed by atoms with Crippen molar-refractivity contribution >= 4 is 0 Å². The first-order valence-electron chi connectivity index (χ1n) is 2.25. The highest BCUT2D eigenvalue weighted by Crippen LogP contribution is 1.91. The highest BCUT2D eigenvalue weighted by atomic mass is 35.5. The molecule has 0 aliphatic carbocycles. The zero-order valence-corrected chi connectivity index (χ0v) is 5.27. The van der Waals surface area contributed by atoms with Gasteiger partial charge < -0.3 is 0 Å². The second-order valence-corrected chi connectivity index (χ2v) is 1.94. The molecule has 0 unspecified atom stereocenters. The molecule has 0 fully saturated rings. The smallest absolute Gasteiger partial charge is 0.236 e. The molecule has 42 valence electrons. The van der Waals surface area contributed by atoms with Gasteiger partial charge in [-0.2, -0.15) is 0 Å². The summed E-state index contributed by atoms with van der Waals surface area (Å²) in [4.78, 5) is 7.73. The monoisotopic (exact) mass is 129 g/mol. The maximum atomic E-state index is 4.75. The van der Waals surface area contributed by atoms with Crippen LogP contribution in [0.2, 0.25) is 5.02 Å². The van der Waals surface area contributed by atoms with E-state index < -0.39 is 0 Å². The minimum atomic E-state index is 0.690. The molecule has 0 N–H and O–H groups in total. The standard InChI is InChI=1S/C5H6ClN2/c1-4-7-2-5(6)3-8-4/h2-3,6H,1H3/q+1. The topological polar surface area (TPSA) is 25.8 Å². The van der Waals surface area contributed by atoms with Crippen LogP contribution in [0.15, 0.2) is 12.4 Å². The van der Waals surface area contributed by atoms with Crippen LogP contribution < -0.4 is 0 Å². The van der Waals surface area contributed by atoms with Crippen LogP contribution >= 0.6 is 0 Å². The van der Waals surface area contributed by atoms with E-state index in [9.17, 15) is 0 Å². The van der Waals surface area contributed by atoms with Crippen LogP contribution in [0.4, 0.5) is 0 Å². The maximum absolute atomic E-state index is 4.75. The Balaban J connectivity index is 3.03. The first kappa shape index (κ1) is 5.51. The van der Waals surface area contributed by atoms with Gasteiger partial charge in [-0.3, -0.25) is 0 Å². The van der Waals surface area contributed by atoms with E-state index in [1.807, 2.05) is 6.92 Å². The summed E-state index contributed by atoms with van der Waals surface area (Å²) in [5.74, 6) is 0.763. The van der Waals surface area contributed by atoms with Crippen LogP contribution in [0.5, 0.6) is 0 Å². The molecule has 0 saturated carbocycles. The van der Waals surface area contributed by atoms with E-state index in [-0.39, 0.29) is 0 Å². The third kappa shape index (κ3) is 1.17. The number of hydrogen-bond donors (Lipinski definition) is 0. The SMILES string of the molecule is Cc1ncc([ClH+])cn1. The Bertz CT molecular complexity index is 149. The van der Waals surface area contributed by atoms with Gasteiger partial charge in [0.05, 0.1) is 12.4 Å². The molecule has 8 heavy (non-hydrogen) atoms. The van der Waals surface area contributed by atoms with Gasteiger partial charge in [0.25, 0.3) is 5.02 Å². The minimum Gasteiger partial charge on any atom is -0.236 e. The fraction of sp³-hybridized carbons (Fsp3) is 0.200. The van der Waals surface area contributed by atoms with E-state index in [0.29, 0.717) is 5.02 Å². The third-order valence-corrected chi connectivity index (χ3v) is 0.968. The molecular weight excluding hydrogens is 124 g/mol. The second kappa shape index (κ2) is 2.09. The molecule has 0 aromatic carbocycles. The molecule has 0 radical (unpaired) electrons. The molecule has 0 saturated heterocycles. The molecule has 0 bridgehead atoms. The summed E-state index contributed by atoms with van der Waals surface area (Å²) in [5, 5.41) is 0.690. The molecule has 0 spiro atoms. The van der Waals surface area contributed by atoms with E-state index >= 15 is 0 Å². The van der Waals surface area contributed by atoms with Crippen molar-refractivity contribution in [1.29, 1.82) is 0 Å². The number of aromatic nitrogens is 2. The molecule has 0 amide bonds. The number of halogens is 1. The molecule has 1 rings (SSSR count). The number of aryl methyl sites for hydroxylation is 1. The molecule has 1 aromatic rings. The van der Waals surface area contributed by atoms with Crippen molar-refractivity contribution in [2.75, 3.05) is 0 Å². The molecule has 0 aliphatic rings. The Morgan fingerprint density at radius 3 is 2.25 bits per heavy atom. The zero-order chi connectivity index (χ0) is 5.98. The van der Waals surface area contributed by atoms with Gasteiger partial charge in [0.2, 0.25) is 0 Å². The van der Waals surface area contributed by atoms with E-state index in [2.05, 4.69) is 9.97 Å². The Kier molecular flexibility index (Phi) is 1.44. The molecule has 3 heteroatoms. The molecular formula is C5H6ClN2+. The second-order valence-electron chi connectivity index (χ2n) is 1.47. The Morgan fingerprint density at radius 2 is 1.88 bits per heavy atom. The van der Waals surface area contributed by atoms with Crippen LogP contribution in [-0.2, 0) is 0 Å². The van der Waals surface area contributed by atoms with Gasteiger partial charge in [-0.1, -0.05) is 0 Å². The van der Waals surface area contributed by atoms with Crippen molar-refractivity contribution < 1.29 is 11.6 Å². The van der Waals surface area contributed by atoms with Crippen LogP contribution in [-0.4, -0.2) is 9.97 Å². The number of rotatable bonds is 0. The lowest BCUT2D eigenvalue weighted by Gasteiger charge is -1.82. The van der Waals surface area contributed by atoms with E-state index in [1.54, 1.807) is 12.4 Å². The van der Waals surface area contributed by atoms with Crippen LogP contribution in [0, 0.1) is 18.5 Å². The molecule has 0 atom stereocenters. The normalized spacial score (nSPS) is 9.25. The van der Waals surface area contributed by atoms with Gasteiger partial charge in [-0.15, -0.1) is 0 Å². The minimum absolute atomic E-state index is 0.690. The summed E-state index contributed by atoms with van der Waals surface area (Å²) in [5.41, 5.74) is 0. The van der Waals surface area contributed by atoms with Gasteiger partial charge >= 0.3 is 0 Å². The first-order chi connectivity index (χ1) is 3.79. The lowest BCUT2D eigenvalue weighted by atomic mass is 10.6. The van der Waals surface area contributed by atoms with Crippen LogP contribution in [0.25, 0.3) is 0 Å². The van der Waals surface area contributed by atoms with Crippen molar-refractivity contribution in [3.05, 3.63) is 23.2 Å². The molecule has 1 heterocycles. The van der Waals surface area contributed by atoms with E-state index in [4.69, 9.17) is 11.6 Å². The summed E-state index contributed by atoms with van der Waals surface area (Å²) >= 11 is 4.75. The average molecular weight is 130 g/mol. The van der Waals surface area contributed by atoms with Gasteiger partial charge in [-0.25, -0.2) is 9.97 Å². The summed E-state index contributed by atoms with van der Waals surface area (Å²) in [6, 6.07) is 0. The summed E-state index contributed by atoms with van der Waals surface area (Å²) < 4.78 is 0. The fourth-order valence-electron chi connectivity index (χ4n) is 0.381.